The van der Waals surface area contributed by atoms with Crippen LogP contribution in [-0.4, -0.2) is 25.7 Å². The van der Waals surface area contributed by atoms with Crippen LogP contribution in [0.5, 0.6) is 0 Å². The molecule has 0 heterocycles. The van der Waals surface area contributed by atoms with E-state index in [0.29, 0.717) is 6.54 Å². The minimum absolute atomic E-state index is 0.224. The molecule has 0 saturated carbocycles. The van der Waals surface area contributed by atoms with E-state index in [2.05, 4.69) is 5.09 Å². The van der Waals surface area contributed by atoms with Gasteiger partial charge in [0.25, 0.3) is 7.52 Å². The Morgan fingerprint density at radius 2 is 1.45 bits per heavy atom. The first kappa shape index (κ1) is 19.6. The Kier molecular flexibility index (Phi) is 8.55. The highest BCUT2D eigenvalue weighted by Crippen LogP contribution is 2.61. The second-order valence-electron chi connectivity index (χ2n) is 4.50. The first-order chi connectivity index (χ1) is 10.5. The molecular formula is C14H25NO5P2. The van der Waals surface area contributed by atoms with Crippen molar-refractivity contribution in [1.29, 1.82) is 0 Å². The van der Waals surface area contributed by atoms with Gasteiger partial charge in [-0.3, -0.25) is 9.13 Å². The first-order valence-electron chi connectivity index (χ1n) is 7.37. The van der Waals surface area contributed by atoms with Gasteiger partial charge in [0, 0.05) is 6.54 Å². The van der Waals surface area contributed by atoms with Gasteiger partial charge in [0.2, 0.25) is 0 Å². The molecule has 0 radical (unpaired) electrons. The summed E-state index contributed by atoms with van der Waals surface area (Å²) in [5.74, 6) is -0.275. The van der Waals surface area contributed by atoms with Crippen LogP contribution in [0.15, 0.2) is 30.3 Å². The van der Waals surface area contributed by atoms with Gasteiger partial charge in [-0.2, -0.15) is 0 Å². The Hall–Kier alpha value is -0.480. The van der Waals surface area contributed by atoms with Gasteiger partial charge >= 0.3 is 7.60 Å². The molecule has 0 aliphatic rings. The molecular weight excluding hydrogens is 324 g/mol. The van der Waals surface area contributed by atoms with Crippen LogP contribution in [0.25, 0.3) is 0 Å². The molecule has 22 heavy (non-hydrogen) atoms. The molecule has 0 spiro atoms. The van der Waals surface area contributed by atoms with Crippen LogP contribution in [0.4, 0.5) is 0 Å². The highest BCUT2D eigenvalue weighted by atomic mass is 31.2. The average Bonchev–Trinajstić information content (AvgIpc) is 2.47. The monoisotopic (exact) mass is 349 g/mol. The standard InChI is InChI=1S/C14H25NO5P2/c1-4-18-21(16,13-22(17,19-5-2)20-6-3)15-12-14-10-8-7-9-11-14/h7-11H,4-6,12-13H2,1-3H3,(H,15,16). The van der Waals surface area contributed by atoms with E-state index in [0.717, 1.165) is 5.56 Å². The number of hydrogen-bond acceptors (Lipinski definition) is 5. The molecule has 8 heteroatoms. The largest absolute Gasteiger partial charge is 0.341 e. The van der Waals surface area contributed by atoms with E-state index in [1.165, 1.54) is 0 Å². The van der Waals surface area contributed by atoms with Crippen molar-refractivity contribution in [2.75, 3.05) is 25.7 Å². The van der Waals surface area contributed by atoms with Crippen LogP contribution >= 0.6 is 15.1 Å². The van der Waals surface area contributed by atoms with Gasteiger partial charge < -0.3 is 13.6 Å². The summed E-state index contributed by atoms with van der Waals surface area (Å²) in [5, 5.41) is 2.89. The number of hydrogen-bond donors (Lipinski definition) is 1. The Balaban J connectivity index is 2.80. The lowest BCUT2D eigenvalue weighted by Gasteiger charge is -2.24. The zero-order valence-electron chi connectivity index (χ0n) is 13.4. The maximum Gasteiger partial charge on any atom is 0.341 e. The third-order valence-electron chi connectivity index (χ3n) is 2.72. The second-order valence-corrected chi connectivity index (χ2v) is 9.29. The molecule has 1 rings (SSSR count). The van der Waals surface area contributed by atoms with E-state index in [1.54, 1.807) is 20.8 Å². The van der Waals surface area contributed by atoms with E-state index in [4.69, 9.17) is 13.6 Å². The molecule has 0 amide bonds. The lowest BCUT2D eigenvalue weighted by atomic mass is 10.2. The Morgan fingerprint density at radius 3 is 1.95 bits per heavy atom. The van der Waals surface area contributed by atoms with Crippen LogP contribution in [0.2, 0.25) is 0 Å². The van der Waals surface area contributed by atoms with Crippen LogP contribution in [0, 0.1) is 0 Å². The van der Waals surface area contributed by atoms with Gasteiger partial charge in [-0.15, -0.1) is 0 Å². The molecule has 0 aliphatic carbocycles. The maximum atomic E-state index is 12.9. The van der Waals surface area contributed by atoms with Crippen molar-refractivity contribution in [3.8, 4) is 0 Å². The lowest BCUT2D eigenvalue weighted by Crippen LogP contribution is -2.16. The highest BCUT2D eigenvalue weighted by molar-refractivity contribution is 7.72. The quantitative estimate of drug-likeness (QED) is 0.603. The molecule has 0 bridgehead atoms. The third-order valence-corrected chi connectivity index (χ3v) is 8.21. The van der Waals surface area contributed by atoms with E-state index < -0.39 is 15.1 Å². The molecule has 1 aromatic carbocycles. The number of rotatable bonds is 11. The number of benzene rings is 1. The summed E-state index contributed by atoms with van der Waals surface area (Å²) in [6.45, 7) is 6.23. The van der Waals surface area contributed by atoms with Crippen molar-refractivity contribution in [3.63, 3.8) is 0 Å². The normalized spacial score (nSPS) is 14.7. The topological polar surface area (TPSA) is 73.9 Å². The van der Waals surface area contributed by atoms with Crippen LogP contribution < -0.4 is 5.09 Å². The summed E-state index contributed by atoms with van der Waals surface area (Å²) < 4.78 is 41.2. The minimum Gasteiger partial charge on any atom is -0.317 e. The van der Waals surface area contributed by atoms with Crippen molar-refractivity contribution < 1.29 is 22.7 Å². The van der Waals surface area contributed by atoms with Gasteiger partial charge in [-0.1, -0.05) is 30.3 Å². The Bertz CT molecular complexity index is 513. The molecule has 6 nitrogen and oxygen atoms in total. The SMILES string of the molecule is CCOP(=O)(CP(=O)(OCC)OCC)NCc1ccccc1. The van der Waals surface area contributed by atoms with Crippen molar-refractivity contribution in [3.05, 3.63) is 35.9 Å². The van der Waals surface area contributed by atoms with E-state index in [-0.39, 0.29) is 25.7 Å². The lowest BCUT2D eigenvalue weighted by molar-refractivity contribution is 0.222. The van der Waals surface area contributed by atoms with E-state index >= 15 is 0 Å². The van der Waals surface area contributed by atoms with Crippen molar-refractivity contribution in [2.24, 2.45) is 0 Å². The minimum atomic E-state index is -3.44. The Labute approximate surface area is 132 Å². The molecule has 1 unspecified atom stereocenters. The molecule has 126 valence electrons. The van der Waals surface area contributed by atoms with Gasteiger partial charge in [-0.05, 0) is 26.3 Å². The van der Waals surface area contributed by atoms with Crippen molar-refractivity contribution >= 4 is 15.1 Å². The molecule has 0 aliphatic heterocycles. The molecule has 1 atom stereocenters. The van der Waals surface area contributed by atoms with Crippen LogP contribution in [-0.2, 0) is 29.2 Å². The molecule has 1 aromatic rings. The first-order valence-corrected chi connectivity index (χ1v) is 10.9. The van der Waals surface area contributed by atoms with Crippen molar-refractivity contribution in [2.45, 2.75) is 27.3 Å². The summed E-state index contributed by atoms with van der Waals surface area (Å²) >= 11 is 0. The molecule has 0 fully saturated rings. The summed E-state index contributed by atoms with van der Waals surface area (Å²) in [5.41, 5.74) is 0.963. The molecule has 0 aromatic heterocycles. The predicted molar refractivity (Wildman–Crippen MR) is 88.2 cm³/mol. The Morgan fingerprint density at radius 1 is 0.909 bits per heavy atom. The van der Waals surface area contributed by atoms with E-state index in [1.807, 2.05) is 30.3 Å². The maximum absolute atomic E-state index is 12.9. The summed E-state index contributed by atoms with van der Waals surface area (Å²) in [4.78, 5) is 0. The van der Waals surface area contributed by atoms with Crippen molar-refractivity contribution in [1.82, 2.24) is 5.09 Å². The summed E-state index contributed by atoms with van der Waals surface area (Å²) in [6.07, 6.45) is 0. The second kappa shape index (κ2) is 9.61. The van der Waals surface area contributed by atoms with Gasteiger partial charge in [-0.25, -0.2) is 5.09 Å². The van der Waals surface area contributed by atoms with Gasteiger partial charge in [0.05, 0.1) is 19.8 Å². The smallest absolute Gasteiger partial charge is 0.317 e. The average molecular weight is 349 g/mol. The third kappa shape index (κ3) is 6.74. The van der Waals surface area contributed by atoms with Crippen LogP contribution in [0.1, 0.15) is 26.3 Å². The molecule has 0 saturated heterocycles. The predicted octanol–water partition coefficient (Wildman–Crippen LogP) is 4.23. The van der Waals surface area contributed by atoms with Crippen LogP contribution in [0.3, 0.4) is 0 Å². The fourth-order valence-corrected chi connectivity index (χ4v) is 6.89. The van der Waals surface area contributed by atoms with E-state index in [9.17, 15) is 9.13 Å². The zero-order valence-corrected chi connectivity index (χ0v) is 15.1. The fourth-order valence-electron chi connectivity index (χ4n) is 1.89. The van der Waals surface area contributed by atoms with Gasteiger partial charge in [0.15, 0.2) is 0 Å². The van der Waals surface area contributed by atoms with Gasteiger partial charge in [0.1, 0.15) is 5.90 Å². The fraction of sp³-hybridized carbons (Fsp3) is 0.571. The number of nitrogens with one attached hydrogen (secondary N) is 1. The summed E-state index contributed by atoms with van der Waals surface area (Å²) in [7, 11) is -6.77. The summed E-state index contributed by atoms with van der Waals surface area (Å²) in [6, 6.07) is 9.52. The zero-order chi connectivity index (χ0) is 16.5. The highest BCUT2D eigenvalue weighted by Gasteiger charge is 2.36. The molecule has 1 N–H and O–H groups in total.